The van der Waals surface area contributed by atoms with Gasteiger partial charge in [-0.05, 0) is 43.3 Å². The number of nitriles is 1. The van der Waals surface area contributed by atoms with Crippen molar-refractivity contribution in [1.82, 2.24) is 4.98 Å². The highest BCUT2D eigenvalue weighted by Gasteiger charge is 2.08. The van der Waals surface area contributed by atoms with Crippen molar-refractivity contribution in [2.75, 3.05) is 23.8 Å². The molecule has 0 unspecified atom stereocenters. The van der Waals surface area contributed by atoms with Crippen LogP contribution in [0.1, 0.15) is 18.2 Å². The zero-order valence-electron chi connectivity index (χ0n) is 12.1. The molecule has 108 valence electrons. The van der Waals surface area contributed by atoms with Crippen molar-refractivity contribution in [3.63, 3.8) is 0 Å². The Balaban J connectivity index is 2.16. The fourth-order valence-electron chi connectivity index (χ4n) is 1.98. The van der Waals surface area contributed by atoms with Crippen molar-refractivity contribution in [2.24, 2.45) is 0 Å². The van der Waals surface area contributed by atoms with Gasteiger partial charge in [0.25, 0.3) is 0 Å². The van der Waals surface area contributed by atoms with E-state index < -0.39 is 0 Å². The Labute approximate surface area is 130 Å². The third kappa shape index (κ3) is 3.87. The number of nitrogens with one attached hydrogen (secondary N) is 1. The van der Waals surface area contributed by atoms with E-state index in [0.717, 1.165) is 23.7 Å². The van der Waals surface area contributed by atoms with Crippen LogP contribution in [0.25, 0.3) is 0 Å². The number of hydrogen-bond donors (Lipinski definition) is 1. The van der Waals surface area contributed by atoms with E-state index in [0.29, 0.717) is 17.1 Å². The molecular weight excluding hydrogens is 284 g/mol. The molecule has 0 aliphatic rings. The van der Waals surface area contributed by atoms with Crippen LogP contribution in [0.4, 0.5) is 11.5 Å². The van der Waals surface area contributed by atoms with Crippen LogP contribution in [0.15, 0.2) is 36.4 Å². The van der Waals surface area contributed by atoms with Gasteiger partial charge in [0.1, 0.15) is 5.82 Å². The third-order valence-corrected chi connectivity index (χ3v) is 3.44. The molecule has 0 bridgehead atoms. The van der Waals surface area contributed by atoms with Crippen molar-refractivity contribution in [3.05, 3.63) is 52.7 Å². The van der Waals surface area contributed by atoms with Crippen molar-refractivity contribution in [2.45, 2.75) is 13.5 Å². The summed E-state index contributed by atoms with van der Waals surface area (Å²) >= 11 is 6.22. The molecule has 0 saturated carbocycles. The molecule has 2 rings (SSSR count). The van der Waals surface area contributed by atoms with Crippen LogP contribution in [0.3, 0.4) is 0 Å². The normalized spacial score (nSPS) is 10.0. The van der Waals surface area contributed by atoms with Gasteiger partial charge in [0, 0.05) is 19.3 Å². The molecule has 1 aromatic heterocycles. The molecule has 1 heterocycles. The smallest absolute Gasteiger partial charge is 0.126 e. The zero-order chi connectivity index (χ0) is 15.2. The van der Waals surface area contributed by atoms with E-state index in [4.69, 9.17) is 16.9 Å². The monoisotopic (exact) mass is 300 g/mol. The number of nitrogens with zero attached hydrogens (tertiary/aromatic N) is 3. The van der Waals surface area contributed by atoms with Gasteiger partial charge in [-0.15, -0.1) is 0 Å². The molecule has 4 nitrogen and oxygen atoms in total. The van der Waals surface area contributed by atoms with E-state index in [9.17, 15) is 0 Å². The van der Waals surface area contributed by atoms with E-state index in [2.05, 4.69) is 16.4 Å². The van der Waals surface area contributed by atoms with Crippen LogP contribution in [-0.2, 0) is 6.54 Å². The Bertz CT molecular complexity index is 646. The molecule has 1 N–H and O–H groups in total. The van der Waals surface area contributed by atoms with Gasteiger partial charge in [-0.25, -0.2) is 4.98 Å². The minimum atomic E-state index is 0.601. The lowest BCUT2D eigenvalue weighted by atomic mass is 10.2. The first kappa shape index (κ1) is 15.1. The van der Waals surface area contributed by atoms with E-state index in [1.54, 1.807) is 12.1 Å². The summed E-state index contributed by atoms with van der Waals surface area (Å²) in [6.45, 7) is 3.45. The Hall–Kier alpha value is -2.25. The fourth-order valence-corrected chi connectivity index (χ4v) is 2.15. The number of anilines is 2. The molecule has 0 radical (unpaired) electrons. The average molecular weight is 301 g/mol. The van der Waals surface area contributed by atoms with Crippen molar-refractivity contribution >= 4 is 23.1 Å². The molecule has 0 atom stereocenters. The van der Waals surface area contributed by atoms with E-state index >= 15 is 0 Å². The molecule has 21 heavy (non-hydrogen) atoms. The van der Waals surface area contributed by atoms with Gasteiger partial charge < -0.3 is 10.2 Å². The highest BCUT2D eigenvalue weighted by atomic mass is 35.5. The van der Waals surface area contributed by atoms with Gasteiger partial charge in [-0.3, -0.25) is 0 Å². The number of rotatable bonds is 5. The van der Waals surface area contributed by atoms with E-state index in [-0.39, 0.29) is 0 Å². The first-order chi connectivity index (χ1) is 10.1. The summed E-state index contributed by atoms with van der Waals surface area (Å²) in [5.41, 5.74) is 2.49. The summed E-state index contributed by atoms with van der Waals surface area (Å²) in [5.74, 6) is 0.824. The maximum atomic E-state index is 8.82. The Morgan fingerprint density at radius 1 is 1.24 bits per heavy atom. The van der Waals surface area contributed by atoms with Gasteiger partial charge in [-0.2, -0.15) is 5.26 Å². The summed E-state index contributed by atoms with van der Waals surface area (Å²) in [6.07, 6.45) is 0. The second-order valence-electron chi connectivity index (χ2n) is 4.67. The van der Waals surface area contributed by atoms with Crippen LogP contribution in [0.2, 0.25) is 5.02 Å². The standard InChI is InChI=1S/C16H17ClN4/c1-3-19-16-9-8-14(17)15(20-16)11-21(2)13-6-4-12(10-18)5-7-13/h4-9H,3,11H2,1-2H3,(H,19,20). The molecule has 1 aromatic carbocycles. The average Bonchev–Trinajstić information content (AvgIpc) is 2.51. The lowest BCUT2D eigenvalue weighted by Crippen LogP contribution is -2.18. The topological polar surface area (TPSA) is 52.0 Å². The molecule has 0 aliphatic carbocycles. The zero-order valence-corrected chi connectivity index (χ0v) is 12.9. The quantitative estimate of drug-likeness (QED) is 0.915. The molecule has 0 amide bonds. The maximum absolute atomic E-state index is 8.82. The third-order valence-electron chi connectivity index (χ3n) is 3.10. The number of halogens is 1. The van der Waals surface area contributed by atoms with Crippen LogP contribution in [0.5, 0.6) is 0 Å². The first-order valence-electron chi connectivity index (χ1n) is 6.74. The summed E-state index contributed by atoms with van der Waals surface area (Å²) in [6, 6.07) is 13.3. The highest BCUT2D eigenvalue weighted by molar-refractivity contribution is 6.31. The molecule has 0 aliphatic heterocycles. The summed E-state index contributed by atoms with van der Waals surface area (Å²) in [4.78, 5) is 6.57. The van der Waals surface area contributed by atoms with Crippen molar-refractivity contribution < 1.29 is 0 Å². The Morgan fingerprint density at radius 3 is 2.57 bits per heavy atom. The van der Waals surface area contributed by atoms with E-state index in [1.807, 2.05) is 43.1 Å². The van der Waals surface area contributed by atoms with Gasteiger partial charge in [0.15, 0.2) is 0 Å². The summed E-state index contributed by atoms with van der Waals surface area (Å²) in [5, 5.41) is 12.7. The fraction of sp³-hybridized carbons (Fsp3) is 0.250. The molecule has 0 spiro atoms. The van der Waals surface area contributed by atoms with E-state index in [1.165, 1.54) is 0 Å². The summed E-state index contributed by atoms with van der Waals surface area (Å²) < 4.78 is 0. The van der Waals surface area contributed by atoms with Crippen molar-refractivity contribution in [1.29, 1.82) is 5.26 Å². The predicted molar refractivity (Wildman–Crippen MR) is 86.7 cm³/mol. The lowest BCUT2D eigenvalue weighted by Gasteiger charge is -2.20. The van der Waals surface area contributed by atoms with Crippen molar-refractivity contribution in [3.8, 4) is 6.07 Å². The highest BCUT2D eigenvalue weighted by Crippen LogP contribution is 2.21. The molecule has 2 aromatic rings. The lowest BCUT2D eigenvalue weighted by molar-refractivity contribution is 0.885. The second-order valence-corrected chi connectivity index (χ2v) is 5.08. The SMILES string of the molecule is CCNc1ccc(Cl)c(CN(C)c2ccc(C#N)cc2)n1. The molecule has 5 heteroatoms. The molecule has 0 saturated heterocycles. The number of benzene rings is 1. The number of pyridine rings is 1. The minimum Gasteiger partial charge on any atom is -0.370 e. The van der Waals surface area contributed by atoms with Crippen LogP contribution in [-0.4, -0.2) is 18.6 Å². The van der Waals surface area contributed by atoms with Crippen LogP contribution < -0.4 is 10.2 Å². The molecular formula is C16H17ClN4. The Kier molecular flexibility index (Phi) is 5.02. The van der Waals surface area contributed by atoms with Crippen LogP contribution >= 0.6 is 11.6 Å². The Morgan fingerprint density at radius 2 is 1.95 bits per heavy atom. The minimum absolute atomic E-state index is 0.601. The maximum Gasteiger partial charge on any atom is 0.126 e. The van der Waals surface area contributed by atoms with Gasteiger partial charge in [0.2, 0.25) is 0 Å². The number of hydrogen-bond acceptors (Lipinski definition) is 4. The largest absolute Gasteiger partial charge is 0.370 e. The van der Waals surface area contributed by atoms with Crippen LogP contribution in [0, 0.1) is 11.3 Å². The molecule has 0 fully saturated rings. The van der Waals surface area contributed by atoms with Gasteiger partial charge in [-0.1, -0.05) is 11.6 Å². The predicted octanol–water partition coefficient (Wildman–Crippen LogP) is 3.67. The first-order valence-corrected chi connectivity index (χ1v) is 7.12. The second kappa shape index (κ2) is 6.96. The number of aromatic nitrogens is 1. The van der Waals surface area contributed by atoms with Gasteiger partial charge in [0.05, 0.1) is 28.9 Å². The summed E-state index contributed by atoms with van der Waals surface area (Å²) in [7, 11) is 1.97. The van der Waals surface area contributed by atoms with Gasteiger partial charge >= 0.3 is 0 Å².